The Balaban J connectivity index is 0.00000169. The van der Waals surface area contributed by atoms with Gasteiger partial charge in [0.05, 0.1) is 0 Å². The molecule has 0 aromatic carbocycles. The molecule has 14 heavy (non-hydrogen) atoms. The van der Waals surface area contributed by atoms with Gasteiger partial charge in [-0.15, -0.1) is 0 Å². The molecule has 1 unspecified atom stereocenters. The van der Waals surface area contributed by atoms with Gasteiger partial charge >= 0.3 is 0 Å². The van der Waals surface area contributed by atoms with Crippen molar-refractivity contribution in [3.63, 3.8) is 0 Å². The van der Waals surface area contributed by atoms with Gasteiger partial charge in [-0.2, -0.15) is 0 Å². The van der Waals surface area contributed by atoms with Gasteiger partial charge in [0, 0.05) is 31.8 Å². The fourth-order valence-corrected chi connectivity index (χ4v) is 1.55. The molecule has 1 rings (SSSR count). The number of allylic oxidation sites excluding steroid dienone is 4. The largest absolute Gasteiger partial charge is 0.0768 e. The monoisotopic (exact) mass is 358 g/mol. The molecule has 1 aliphatic carbocycles. The molecule has 0 saturated heterocycles. The van der Waals surface area contributed by atoms with E-state index in [2.05, 4.69) is 59.8 Å². The first-order valence-electron chi connectivity index (χ1n) is 5.12. The molecule has 0 N–H and O–H groups in total. The van der Waals surface area contributed by atoms with Crippen LogP contribution < -0.4 is 0 Å². The quantitative estimate of drug-likeness (QED) is 0.571. The van der Waals surface area contributed by atoms with Crippen LogP contribution in [0, 0.1) is 16.7 Å². The predicted molar refractivity (Wildman–Crippen MR) is 59.6 cm³/mol. The van der Waals surface area contributed by atoms with E-state index in [0.29, 0.717) is 16.7 Å². The van der Waals surface area contributed by atoms with E-state index in [4.69, 9.17) is 0 Å². The van der Waals surface area contributed by atoms with Crippen molar-refractivity contribution in [3.05, 3.63) is 23.8 Å². The van der Waals surface area contributed by atoms with Crippen molar-refractivity contribution in [2.24, 2.45) is 16.7 Å². The van der Waals surface area contributed by atoms with Gasteiger partial charge in [0.15, 0.2) is 0 Å². The molecule has 0 radical (unpaired) electrons. The van der Waals surface area contributed by atoms with Gasteiger partial charge in [-0.25, -0.2) is 0 Å². The molecule has 0 spiro atoms. The van der Waals surface area contributed by atoms with Crippen LogP contribution in [0.2, 0.25) is 0 Å². The molecule has 0 nitrogen and oxygen atoms in total. The zero-order valence-electron chi connectivity index (χ0n) is 10.3. The summed E-state index contributed by atoms with van der Waals surface area (Å²) in [5.74, 6) is 0.613. The van der Waals surface area contributed by atoms with Crippen LogP contribution in [0.1, 0.15) is 41.5 Å². The topological polar surface area (TPSA) is 0 Å². The van der Waals surface area contributed by atoms with Crippen molar-refractivity contribution >= 4 is 0 Å². The average Bonchev–Trinajstić information content (AvgIpc) is 2.28. The van der Waals surface area contributed by atoms with E-state index in [1.54, 1.807) is 0 Å². The molecule has 1 heteroatoms. The Morgan fingerprint density at radius 1 is 1.00 bits per heavy atom. The van der Waals surface area contributed by atoms with Crippen molar-refractivity contribution < 1.29 is 25.8 Å². The van der Waals surface area contributed by atoms with E-state index < -0.39 is 0 Å². The second kappa shape index (κ2) is 4.47. The van der Waals surface area contributed by atoms with Crippen LogP contribution in [0.5, 0.6) is 0 Å². The summed E-state index contributed by atoms with van der Waals surface area (Å²) >= 11 is 0. The zero-order valence-corrected chi connectivity index (χ0v) is 13.9. The van der Waals surface area contributed by atoms with Crippen LogP contribution in [0.15, 0.2) is 23.8 Å². The van der Waals surface area contributed by atoms with Crippen LogP contribution in [0.4, 0.5) is 0 Å². The van der Waals surface area contributed by atoms with E-state index in [-0.39, 0.29) is 25.8 Å². The van der Waals surface area contributed by atoms with Gasteiger partial charge in [0.2, 0.25) is 0 Å². The second-order valence-electron chi connectivity index (χ2n) is 6.12. The predicted octanol–water partition coefficient (Wildman–Crippen LogP) is 4.19. The van der Waals surface area contributed by atoms with Crippen LogP contribution >= 0.6 is 0 Å². The standard InChI is InChI=1S/C13H22.Hf/c1-12(2,3)10-7-8-11(9-10)13(4,5)6;/h7-10H,1-6H3;. The summed E-state index contributed by atoms with van der Waals surface area (Å²) < 4.78 is 0. The SMILES string of the molecule is CC(C)(C)C1=CC(C(C)(C)C)C=C1.[Hf]. The molecule has 0 saturated carbocycles. The third-order valence-electron chi connectivity index (χ3n) is 2.71. The van der Waals surface area contributed by atoms with Gasteiger partial charge in [-0.05, 0) is 16.4 Å². The molecule has 0 heterocycles. The molecule has 1 aliphatic rings. The van der Waals surface area contributed by atoms with Gasteiger partial charge in [0.1, 0.15) is 0 Å². The Morgan fingerprint density at radius 2 is 1.50 bits per heavy atom. The molecule has 0 bridgehead atoms. The summed E-state index contributed by atoms with van der Waals surface area (Å²) in [5.41, 5.74) is 2.15. The van der Waals surface area contributed by atoms with Gasteiger partial charge in [-0.1, -0.05) is 59.8 Å². The summed E-state index contributed by atoms with van der Waals surface area (Å²) in [5, 5.41) is 0. The third kappa shape index (κ3) is 3.49. The number of hydrogen-bond acceptors (Lipinski definition) is 0. The summed E-state index contributed by atoms with van der Waals surface area (Å²) in [6, 6.07) is 0. The van der Waals surface area contributed by atoms with Gasteiger partial charge in [-0.3, -0.25) is 0 Å². The Hall–Kier alpha value is 0.350. The van der Waals surface area contributed by atoms with E-state index in [0.717, 1.165) is 0 Å². The van der Waals surface area contributed by atoms with Crippen LogP contribution in [-0.4, -0.2) is 0 Å². The van der Waals surface area contributed by atoms with E-state index in [9.17, 15) is 0 Å². The maximum Gasteiger partial charge on any atom is 0.000437 e. The molecular weight excluding hydrogens is 335 g/mol. The van der Waals surface area contributed by atoms with E-state index in [1.165, 1.54) is 5.57 Å². The Bertz CT molecular complexity index is 245. The molecule has 78 valence electrons. The summed E-state index contributed by atoms with van der Waals surface area (Å²) in [7, 11) is 0. The smallest absolute Gasteiger partial charge is 0.000437 e. The molecule has 0 aromatic heterocycles. The fourth-order valence-electron chi connectivity index (χ4n) is 1.55. The molecule has 0 aliphatic heterocycles. The summed E-state index contributed by atoms with van der Waals surface area (Å²) in [6.07, 6.45) is 7.04. The number of rotatable bonds is 0. The maximum absolute atomic E-state index is 2.42. The first-order chi connectivity index (χ1) is 5.71. The van der Waals surface area contributed by atoms with Crippen LogP contribution in [-0.2, 0) is 25.8 Å². The molecule has 1 atom stereocenters. The Morgan fingerprint density at radius 3 is 1.71 bits per heavy atom. The maximum atomic E-state index is 2.42. The Kier molecular flexibility index (Phi) is 4.58. The normalized spacial score (nSPS) is 21.9. The van der Waals surface area contributed by atoms with Crippen molar-refractivity contribution in [3.8, 4) is 0 Å². The molecule has 0 aromatic rings. The zero-order chi connectivity index (χ0) is 10.3. The molecule has 0 fully saturated rings. The van der Waals surface area contributed by atoms with Crippen LogP contribution in [0.25, 0.3) is 0 Å². The van der Waals surface area contributed by atoms with Gasteiger partial charge < -0.3 is 0 Å². The summed E-state index contributed by atoms with van der Waals surface area (Å²) in [6.45, 7) is 13.7. The van der Waals surface area contributed by atoms with Gasteiger partial charge in [0.25, 0.3) is 0 Å². The van der Waals surface area contributed by atoms with E-state index >= 15 is 0 Å². The fraction of sp³-hybridized carbons (Fsp3) is 0.692. The minimum absolute atomic E-state index is 0. The van der Waals surface area contributed by atoms with Crippen LogP contribution in [0.3, 0.4) is 0 Å². The first kappa shape index (κ1) is 14.4. The van der Waals surface area contributed by atoms with E-state index in [1.807, 2.05) is 0 Å². The van der Waals surface area contributed by atoms with Crippen molar-refractivity contribution in [2.75, 3.05) is 0 Å². The van der Waals surface area contributed by atoms with Crippen molar-refractivity contribution in [1.29, 1.82) is 0 Å². The van der Waals surface area contributed by atoms with Crippen molar-refractivity contribution in [2.45, 2.75) is 41.5 Å². The third-order valence-corrected chi connectivity index (χ3v) is 2.71. The minimum Gasteiger partial charge on any atom is -0.0768 e. The number of hydrogen-bond donors (Lipinski definition) is 0. The minimum atomic E-state index is 0. The summed E-state index contributed by atoms with van der Waals surface area (Å²) in [4.78, 5) is 0. The molecular formula is C13H22Hf. The molecule has 0 amide bonds. The average molecular weight is 357 g/mol. The Labute approximate surface area is 108 Å². The second-order valence-corrected chi connectivity index (χ2v) is 6.12. The first-order valence-corrected chi connectivity index (χ1v) is 5.12. The van der Waals surface area contributed by atoms with Crippen molar-refractivity contribution in [1.82, 2.24) is 0 Å².